The van der Waals surface area contributed by atoms with E-state index in [0.717, 1.165) is 44.9 Å². The van der Waals surface area contributed by atoms with Gasteiger partial charge in [0.15, 0.2) is 0 Å². The second-order valence-electron chi connectivity index (χ2n) is 22.8. The standard InChI is InChI=1S/C66H129NO5/c1-3-5-7-9-11-13-15-35-38-42-46-50-54-58-64(69)63(62-68)67-65(70)59-55-51-47-43-39-36-33-31-29-27-25-23-21-19-17-18-20-22-24-26-28-30-32-34-37-41-45-49-53-57-61-72-66(71)60-56-52-48-44-40-16-14-12-10-8-6-4-2/h12,14,63-64,68-69H,3-11,13,15-62H2,1-2H3,(H,67,70)/b14-12-. The summed E-state index contributed by atoms with van der Waals surface area (Å²) in [4.78, 5) is 24.5. The fraction of sp³-hybridized carbons (Fsp3) is 0.939. The minimum Gasteiger partial charge on any atom is -0.466 e. The third-order valence-electron chi connectivity index (χ3n) is 15.6. The van der Waals surface area contributed by atoms with Gasteiger partial charge in [-0.05, 0) is 51.4 Å². The quantitative estimate of drug-likeness (QED) is 0.0320. The molecule has 0 aromatic carbocycles. The van der Waals surface area contributed by atoms with Crippen molar-refractivity contribution >= 4 is 11.9 Å². The second kappa shape index (κ2) is 62.1. The molecule has 0 heterocycles. The minimum atomic E-state index is -0.660. The Kier molecular flexibility index (Phi) is 60.9. The molecule has 6 nitrogen and oxygen atoms in total. The van der Waals surface area contributed by atoms with Crippen molar-refractivity contribution in [3.8, 4) is 0 Å². The maximum atomic E-state index is 12.5. The third-order valence-corrected chi connectivity index (χ3v) is 15.6. The second-order valence-corrected chi connectivity index (χ2v) is 22.8. The van der Waals surface area contributed by atoms with Crippen LogP contribution in [0.1, 0.15) is 373 Å². The van der Waals surface area contributed by atoms with Crippen LogP contribution in [0.2, 0.25) is 0 Å². The summed E-state index contributed by atoms with van der Waals surface area (Å²) in [5.41, 5.74) is 0. The van der Waals surface area contributed by atoms with E-state index < -0.39 is 12.1 Å². The van der Waals surface area contributed by atoms with Gasteiger partial charge in [-0.2, -0.15) is 0 Å². The highest BCUT2D eigenvalue weighted by Crippen LogP contribution is 2.19. The van der Waals surface area contributed by atoms with Crippen LogP contribution in [-0.4, -0.2) is 47.4 Å². The molecule has 0 spiro atoms. The van der Waals surface area contributed by atoms with Crippen molar-refractivity contribution in [2.24, 2.45) is 0 Å². The van der Waals surface area contributed by atoms with Crippen molar-refractivity contribution in [3.05, 3.63) is 12.2 Å². The molecule has 0 saturated carbocycles. The highest BCUT2D eigenvalue weighted by Gasteiger charge is 2.20. The van der Waals surface area contributed by atoms with Crippen molar-refractivity contribution in [3.63, 3.8) is 0 Å². The lowest BCUT2D eigenvalue weighted by atomic mass is 10.0. The Labute approximate surface area is 450 Å². The zero-order valence-corrected chi connectivity index (χ0v) is 48.9. The van der Waals surface area contributed by atoms with Gasteiger partial charge in [-0.15, -0.1) is 0 Å². The summed E-state index contributed by atoms with van der Waals surface area (Å²) in [5.74, 6) is -0.0185. The van der Waals surface area contributed by atoms with E-state index in [4.69, 9.17) is 4.74 Å². The number of unbranched alkanes of at least 4 members (excludes halogenated alkanes) is 49. The maximum Gasteiger partial charge on any atom is 0.305 e. The molecule has 72 heavy (non-hydrogen) atoms. The van der Waals surface area contributed by atoms with Crippen LogP contribution >= 0.6 is 0 Å². The van der Waals surface area contributed by atoms with Gasteiger partial charge in [0.25, 0.3) is 0 Å². The van der Waals surface area contributed by atoms with E-state index in [2.05, 4.69) is 31.3 Å². The average molecular weight is 1020 g/mol. The molecular formula is C66H129NO5. The van der Waals surface area contributed by atoms with E-state index in [1.807, 2.05) is 0 Å². The normalized spacial score (nSPS) is 12.6. The molecule has 6 heteroatoms. The summed E-state index contributed by atoms with van der Waals surface area (Å²) in [7, 11) is 0. The zero-order chi connectivity index (χ0) is 52.2. The van der Waals surface area contributed by atoms with Gasteiger partial charge in [-0.3, -0.25) is 9.59 Å². The highest BCUT2D eigenvalue weighted by molar-refractivity contribution is 5.76. The van der Waals surface area contributed by atoms with E-state index in [1.165, 1.54) is 295 Å². The SMILES string of the molecule is CCCCC/C=C\CCCCCCCC(=O)OCCCCCCCCCCCCCCCCCCCCCCCCCCCCCCCCC(=O)NC(CO)C(O)CCCCCCCCCCCCCCC. The Morgan fingerprint density at radius 2 is 0.653 bits per heavy atom. The van der Waals surface area contributed by atoms with Crippen LogP contribution in [0.5, 0.6) is 0 Å². The molecule has 0 rings (SSSR count). The van der Waals surface area contributed by atoms with Crippen molar-refractivity contribution in [1.29, 1.82) is 0 Å². The zero-order valence-electron chi connectivity index (χ0n) is 48.9. The van der Waals surface area contributed by atoms with Crippen LogP contribution in [0.15, 0.2) is 12.2 Å². The van der Waals surface area contributed by atoms with Crippen molar-refractivity contribution in [2.75, 3.05) is 13.2 Å². The van der Waals surface area contributed by atoms with Crippen LogP contribution in [0, 0.1) is 0 Å². The number of hydrogen-bond acceptors (Lipinski definition) is 5. The third kappa shape index (κ3) is 57.9. The molecule has 0 saturated heterocycles. The number of allylic oxidation sites excluding steroid dienone is 2. The van der Waals surface area contributed by atoms with E-state index in [0.29, 0.717) is 25.9 Å². The molecule has 0 bridgehead atoms. The van der Waals surface area contributed by atoms with Gasteiger partial charge < -0.3 is 20.3 Å². The van der Waals surface area contributed by atoms with Crippen LogP contribution < -0.4 is 5.32 Å². The summed E-state index contributed by atoms with van der Waals surface area (Å²) in [5, 5.41) is 23.3. The summed E-state index contributed by atoms with van der Waals surface area (Å²) in [6.07, 6.45) is 75.4. The number of amides is 1. The van der Waals surface area contributed by atoms with Gasteiger partial charge in [-0.1, -0.05) is 321 Å². The number of carbonyl (C=O) groups is 2. The first kappa shape index (κ1) is 70.6. The van der Waals surface area contributed by atoms with Gasteiger partial charge in [0.05, 0.1) is 25.4 Å². The fourth-order valence-electron chi connectivity index (χ4n) is 10.5. The molecule has 0 aliphatic rings. The Hall–Kier alpha value is -1.40. The van der Waals surface area contributed by atoms with E-state index in [-0.39, 0.29) is 18.5 Å². The van der Waals surface area contributed by atoms with E-state index in [9.17, 15) is 19.8 Å². The van der Waals surface area contributed by atoms with Crippen molar-refractivity contribution in [2.45, 2.75) is 386 Å². The molecule has 0 aromatic rings. The van der Waals surface area contributed by atoms with Crippen LogP contribution in [0.4, 0.5) is 0 Å². The number of carbonyl (C=O) groups excluding carboxylic acids is 2. The summed E-state index contributed by atoms with van der Waals surface area (Å²) in [6, 6.07) is -0.537. The molecule has 2 atom stereocenters. The molecular weight excluding hydrogens is 887 g/mol. The number of ether oxygens (including phenoxy) is 1. The summed E-state index contributed by atoms with van der Waals surface area (Å²) in [6.45, 7) is 4.95. The Bertz CT molecular complexity index is 1080. The van der Waals surface area contributed by atoms with Crippen molar-refractivity contribution < 1.29 is 24.5 Å². The van der Waals surface area contributed by atoms with E-state index in [1.54, 1.807) is 0 Å². The summed E-state index contributed by atoms with van der Waals surface area (Å²) < 4.78 is 5.47. The predicted octanol–water partition coefficient (Wildman–Crippen LogP) is 20.8. The highest BCUT2D eigenvalue weighted by atomic mass is 16.5. The number of aliphatic hydroxyl groups excluding tert-OH is 2. The maximum absolute atomic E-state index is 12.5. The van der Waals surface area contributed by atoms with Crippen LogP contribution in [0.25, 0.3) is 0 Å². The Balaban J connectivity index is 3.31. The van der Waals surface area contributed by atoms with Crippen LogP contribution in [-0.2, 0) is 14.3 Å². The molecule has 428 valence electrons. The molecule has 2 unspecified atom stereocenters. The van der Waals surface area contributed by atoms with Gasteiger partial charge in [0, 0.05) is 12.8 Å². The smallest absolute Gasteiger partial charge is 0.305 e. The molecule has 0 aromatic heterocycles. The topological polar surface area (TPSA) is 95.9 Å². The lowest BCUT2D eigenvalue weighted by Crippen LogP contribution is -2.45. The largest absolute Gasteiger partial charge is 0.466 e. The number of hydrogen-bond donors (Lipinski definition) is 3. The lowest BCUT2D eigenvalue weighted by molar-refractivity contribution is -0.143. The molecule has 3 N–H and O–H groups in total. The first-order chi connectivity index (χ1) is 35.5. The number of nitrogens with one attached hydrogen (secondary N) is 1. The monoisotopic (exact) mass is 1020 g/mol. The van der Waals surface area contributed by atoms with Crippen molar-refractivity contribution in [1.82, 2.24) is 5.32 Å². The lowest BCUT2D eigenvalue weighted by Gasteiger charge is -2.22. The Morgan fingerprint density at radius 3 is 1.01 bits per heavy atom. The number of aliphatic hydroxyl groups is 2. The first-order valence-corrected chi connectivity index (χ1v) is 32.9. The number of rotatable bonds is 62. The molecule has 0 fully saturated rings. The Morgan fingerprint density at radius 1 is 0.375 bits per heavy atom. The van der Waals surface area contributed by atoms with Gasteiger partial charge in [-0.25, -0.2) is 0 Å². The van der Waals surface area contributed by atoms with Gasteiger partial charge in [0.1, 0.15) is 0 Å². The molecule has 0 aliphatic carbocycles. The van der Waals surface area contributed by atoms with Gasteiger partial charge >= 0.3 is 5.97 Å². The molecule has 1 amide bonds. The number of esters is 1. The van der Waals surface area contributed by atoms with Gasteiger partial charge in [0.2, 0.25) is 5.91 Å². The summed E-state index contributed by atoms with van der Waals surface area (Å²) >= 11 is 0. The van der Waals surface area contributed by atoms with E-state index >= 15 is 0 Å². The average Bonchev–Trinajstić information content (AvgIpc) is 3.38. The first-order valence-electron chi connectivity index (χ1n) is 32.9. The van der Waals surface area contributed by atoms with Crippen LogP contribution in [0.3, 0.4) is 0 Å². The minimum absolute atomic E-state index is 0.0105. The fourth-order valence-corrected chi connectivity index (χ4v) is 10.5. The molecule has 0 radical (unpaired) electrons. The molecule has 0 aliphatic heterocycles. The predicted molar refractivity (Wildman–Crippen MR) is 315 cm³/mol.